The number of likely N-dealkylation sites (tertiary alicyclic amines) is 1. The van der Waals surface area contributed by atoms with Gasteiger partial charge in [0.05, 0.1) is 0 Å². The van der Waals surface area contributed by atoms with Gasteiger partial charge in [0.15, 0.2) is 0 Å². The summed E-state index contributed by atoms with van der Waals surface area (Å²) in [5, 5.41) is 3.47. The lowest BCUT2D eigenvalue weighted by molar-refractivity contribution is 0.263. The third kappa shape index (κ3) is 3.17. The van der Waals surface area contributed by atoms with Gasteiger partial charge in [-0.2, -0.15) is 15.0 Å². The molecule has 7 heteroatoms. The van der Waals surface area contributed by atoms with E-state index in [0.717, 1.165) is 25.9 Å². The Morgan fingerprint density at radius 3 is 2.25 bits per heavy atom. The molecule has 0 saturated carbocycles. The highest BCUT2D eigenvalue weighted by Gasteiger charge is 2.17. The zero-order chi connectivity index (χ0) is 11.5. The lowest BCUT2D eigenvalue weighted by atomic mass is 10.1. The maximum atomic E-state index is 5.70. The number of nitrogens with zero attached hydrogens (tertiary/aromatic N) is 4. The molecular weight excluding hydrogens is 249 g/mol. The molecule has 1 aliphatic rings. The van der Waals surface area contributed by atoms with Crippen LogP contribution in [0.15, 0.2) is 0 Å². The molecular formula is C9H13Cl2N5. The number of halogens is 2. The van der Waals surface area contributed by atoms with Crippen molar-refractivity contribution in [2.24, 2.45) is 0 Å². The van der Waals surface area contributed by atoms with Gasteiger partial charge >= 0.3 is 0 Å². The van der Waals surface area contributed by atoms with E-state index >= 15 is 0 Å². The molecule has 0 bridgehead atoms. The molecule has 0 aliphatic carbocycles. The molecule has 2 heterocycles. The highest BCUT2D eigenvalue weighted by Crippen LogP contribution is 2.15. The van der Waals surface area contributed by atoms with Crippen molar-refractivity contribution in [2.75, 3.05) is 25.5 Å². The fourth-order valence-corrected chi connectivity index (χ4v) is 2.09. The molecule has 1 fully saturated rings. The first-order valence-electron chi connectivity index (χ1n) is 5.15. The molecule has 1 aromatic heterocycles. The van der Waals surface area contributed by atoms with E-state index in [9.17, 15) is 0 Å². The van der Waals surface area contributed by atoms with Crippen LogP contribution in [0.4, 0.5) is 5.95 Å². The van der Waals surface area contributed by atoms with Gasteiger partial charge in [0, 0.05) is 6.04 Å². The fourth-order valence-electron chi connectivity index (χ4n) is 1.73. The summed E-state index contributed by atoms with van der Waals surface area (Å²) < 4.78 is 0. The topological polar surface area (TPSA) is 53.9 Å². The minimum Gasteiger partial charge on any atom is -0.351 e. The average molecular weight is 262 g/mol. The van der Waals surface area contributed by atoms with Crippen molar-refractivity contribution in [1.82, 2.24) is 19.9 Å². The van der Waals surface area contributed by atoms with Crippen molar-refractivity contribution in [1.29, 1.82) is 0 Å². The molecule has 0 spiro atoms. The van der Waals surface area contributed by atoms with Crippen LogP contribution in [0, 0.1) is 0 Å². The normalized spacial score (nSPS) is 18.7. The highest BCUT2D eigenvalue weighted by molar-refractivity contribution is 6.31. The summed E-state index contributed by atoms with van der Waals surface area (Å²) in [6.45, 7) is 2.15. The number of hydrogen-bond acceptors (Lipinski definition) is 5. The monoisotopic (exact) mass is 261 g/mol. The van der Waals surface area contributed by atoms with Crippen LogP contribution in [0.3, 0.4) is 0 Å². The van der Waals surface area contributed by atoms with Crippen LogP contribution in [0.1, 0.15) is 12.8 Å². The van der Waals surface area contributed by atoms with Gasteiger partial charge in [0.1, 0.15) is 0 Å². The van der Waals surface area contributed by atoms with E-state index in [2.05, 4.69) is 32.2 Å². The second-order valence-electron chi connectivity index (χ2n) is 3.92. The van der Waals surface area contributed by atoms with E-state index < -0.39 is 0 Å². The van der Waals surface area contributed by atoms with E-state index in [4.69, 9.17) is 23.2 Å². The summed E-state index contributed by atoms with van der Waals surface area (Å²) in [7, 11) is 2.12. The molecule has 0 aromatic carbocycles. The SMILES string of the molecule is CN1CCC(Nc2nc(Cl)nc(Cl)n2)CC1. The third-order valence-electron chi connectivity index (χ3n) is 2.63. The molecule has 0 unspecified atom stereocenters. The van der Waals surface area contributed by atoms with Crippen LogP contribution >= 0.6 is 23.2 Å². The molecule has 88 valence electrons. The number of rotatable bonds is 2. The Morgan fingerprint density at radius 2 is 1.69 bits per heavy atom. The van der Waals surface area contributed by atoms with Gasteiger partial charge in [0.2, 0.25) is 16.5 Å². The van der Waals surface area contributed by atoms with Crippen molar-refractivity contribution in [3.63, 3.8) is 0 Å². The standard InChI is InChI=1S/C9H13Cl2N5/c1-16-4-2-6(3-5-16)12-9-14-7(10)13-8(11)15-9/h6H,2-5H2,1H3,(H,12,13,14,15). The summed E-state index contributed by atoms with van der Waals surface area (Å²) in [6.07, 6.45) is 2.13. The Labute approximate surface area is 104 Å². The Bertz CT molecular complexity index is 345. The number of nitrogens with one attached hydrogen (secondary N) is 1. The second kappa shape index (κ2) is 5.12. The second-order valence-corrected chi connectivity index (χ2v) is 4.60. The van der Waals surface area contributed by atoms with Gasteiger partial charge in [-0.1, -0.05) is 0 Å². The van der Waals surface area contributed by atoms with Crippen LogP contribution in [0.25, 0.3) is 0 Å². The van der Waals surface area contributed by atoms with Gasteiger partial charge in [-0.3, -0.25) is 0 Å². The minimum atomic E-state index is 0.121. The Kier molecular flexibility index (Phi) is 3.78. The van der Waals surface area contributed by atoms with Crippen molar-refractivity contribution in [3.05, 3.63) is 10.6 Å². The molecule has 0 radical (unpaired) electrons. The van der Waals surface area contributed by atoms with Crippen LogP contribution in [0.2, 0.25) is 10.6 Å². The molecule has 0 amide bonds. The molecule has 5 nitrogen and oxygen atoms in total. The van der Waals surface area contributed by atoms with Gasteiger partial charge in [-0.05, 0) is 56.2 Å². The minimum absolute atomic E-state index is 0.121. The van der Waals surface area contributed by atoms with Crippen molar-refractivity contribution < 1.29 is 0 Å². The predicted octanol–water partition coefficient (Wildman–Crippen LogP) is 1.68. The number of aromatic nitrogens is 3. The molecule has 1 aliphatic heterocycles. The van der Waals surface area contributed by atoms with Crippen LogP contribution in [-0.4, -0.2) is 46.0 Å². The number of hydrogen-bond donors (Lipinski definition) is 1. The summed E-state index contributed by atoms with van der Waals surface area (Å²) in [6, 6.07) is 0.380. The first-order valence-corrected chi connectivity index (χ1v) is 5.91. The van der Waals surface area contributed by atoms with Gasteiger partial charge in [-0.15, -0.1) is 0 Å². The number of anilines is 1. The lowest BCUT2D eigenvalue weighted by Crippen LogP contribution is -2.37. The molecule has 2 rings (SSSR count). The third-order valence-corrected chi connectivity index (χ3v) is 2.97. The first-order chi connectivity index (χ1) is 7.63. The van der Waals surface area contributed by atoms with E-state index in [1.54, 1.807) is 0 Å². The van der Waals surface area contributed by atoms with E-state index in [1.807, 2.05) is 0 Å². The van der Waals surface area contributed by atoms with E-state index in [0.29, 0.717) is 12.0 Å². The predicted molar refractivity (Wildman–Crippen MR) is 64.0 cm³/mol. The molecule has 1 N–H and O–H groups in total. The van der Waals surface area contributed by atoms with Crippen molar-refractivity contribution >= 4 is 29.2 Å². The lowest BCUT2D eigenvalue weighted by Gasteiger charge is -2.29. The summed E-state index contributed by atoms with van der Waals surface area (Å²) in [5.41, 5.74) is 0. The summed E-state index contributed by atoms with van der Waals surface area (Å²) in [5.74, 6) is 0.458. The fraction of sp³-hybridized carbons (Fsp3) is 0.667. The molecule has 1 saturated heterocycles. The molecule has 16 heavy (non-hydrogen) atoms. The van der Waals surface area contributed by atoms with Crippen LogP contribution in [0.5, 0.6) is 0 Å². The van der Waals surface area contributed by atoms with Crippen LogP contribution in [-0.2, 0) is 0 Å². The van der Waals surface area contributed by atoms with Gasteiger partial charge in [-0.25, -0.2) is 0 Å². The summed E-state index contributed by atoms with van der Waals surface area (Å²) >= 11 is 11.4. The maximum Gasteiger partial charge on any atom is 0.228 e. The van der Waals surface area contributed by atoms with Crippen molar-refractivity contribution in [3.8, 4) is 0 Å². The molecule has 0 atom stereocenters. The largest absolute Gasteiger partial charge is 0.351 e. The van der Waals surface area contributed by atoms with Crippen molar-refractivity contribution in [2.45, 2.75) is 18.9 Å². The van der Waals surface area contributed by atoms with Gasteiger partial charge < -0.3 is 10.2 Å². The molecule has 1 aromatic rings. The van der Waals surface area contributed by atoms with E-state index in [-0.39, 0.29) is 10.6 Å². The van der Waals surface area contributed by atoms with Gasteiger partial charge in [0.25, 0.3) is 0 Å². The quantitative estimate of drug-likeness (QED) is 0.878. The Balaban J connectivity index is 1.98. The van der Waals surface area contributed by atoms with Crippen LogP contribution < -0.4 is 5.32 Å². The maximum absolute atomic E-state index is 5.70. The first kappa shape index (κ1) is 11.8. The zero-order valence-electron chi connectivity index (χ0n) is 8.95. The van der Waals surface area contributed by atoms with E-state index in [1.165, 1.54) is 0 Å². The zero-order valence-corrected chi connectivity index (χ0v) is 10.5. The highest BCUT2D eigenvalue weighted by atomic mass is 35.5. The average Bonchev–Trinajstić information content (AvgIpc) is 2.20. The number of piperidine rings is 1. The smallest absolute Gasteiger partial charge is 0.228 e. The Hall–Kier alpha value is -0.650. The Morgan fingerprint density at radius 1 is 1.12 bits per heavy atom. The summed E-state index contributed by atoms with van der Waals surface area (Å²) in [4.78, 5) is 14.0.